The molecule has 108 valence electrons. The molecule has 0 unspecified atom stereocenters. The maximum absolute atomic E-state index is 13.0. The van der Waals surface area contributed by atoms with Crippen LogP contribution in [0, 0.1) is 12.7 Å². The highest BCUT2D eigenvalue weighted by molar-refractivity contribution is 7.98. The number of hydrogen-bond acceptors (Lipinski definition) is 5. The van der Waals surface area contributed by atoms with Crippen LogP contribution in [0.25, 0.3) is 11.3 Å². The molecule has 0 atom stereocenters. The summed E-state index contributed by atoms with van der Waals surface area (Å²) in [6, 6.07) is 6.18. The molecule has 0 aliphatic rings. The zero-order valence-corrected chi connectivity index (χ0v) is 12.4. The van der Waals surface area contributed by atoms with Crippen LogP contribution in [0.15, 0.2) is 40.3 Å². The SMILES string of the molecule is Cc1c(CSc2nncn2C)noc1-c1ccc(F)cc1. The fourth-order valence-corrected chi connectivity index (χ4v) is 2.80. The van der Waals surface area contributed by atoms with Crippen LogP contribution in [0.3, 0.4) is 0 Å². The Labute approximate surface area is 125 Å². The first kappa shape index (κ1) is 13.8. The monoisotopic (exact) mass is 304 g/mol. The van der Waals surface area contributed by atoms with Crippen LogP contribution in [0.1, 0.15) is 11.3 Å². The molecule has 0 fully saturated rings. The maximum Gasteiger partial charge on any atom is 0.191 e. The minimum atomic E-state index is -0.269. The molecule has 3 rings (SSSR count). The lowest BCUT2D eigenvalue weighted by molar-refractivity contribution is 0.426. The Morgan fingerprint density at radius 1 is 1.29 bits per heavy atom. The molecule has 0 amide bonds. The van der Waals surface area contributed by atoms with Gasteiger partial charge in [0.15, 0.2) is 10.9 Å². The van der Waals surface area contributed by atoms with Crippen molar-refractivity contribution in [2.45, 2.75) is 17.8 Å². The number of aryl methyl sites for hydroxylation is 1. The number of rotatable bonds is 4. The third kappa shape index (κ3) is 2.82. The van der Waals surface area contributed by atoms with Gasteiger partial charge in [-0.15, -0.1) is 10.2 Å². The predicted octanol–water partition coefficient (Wildman–Crippen LogP) is 3.21. The highest BCUT2D eigenvalue weighted by atomic mass is 32.2. The molecule has 21 heavy (non-hydrogen) atoms. The van der Waals surface area contributed by atoms with Crippen molar-refractivity contribution in [1.82, 2.24) is 19.9 Å². The Balaban J connectivity index is 1.79. The Hall–Kier alpha value is -2.15. The number of thioether (sulfide) groups is 1. The van der Waals surface area contributed by atoms with Crippen LogP contribution in [-0.2, 0) is 12.8 Å². The van der Waals surface area contributed by atoms with Crippen molar-refractivity contribution in [3.8, 4) is 11.3 Å². The van der Waals surface area contributed by atoms with Crippen LogP contribution in [0.5, 0.6) is 0 Å². The first-order valence-corrected chi connectivity index (χ1v) is 7.31. The van der Waals surface area contributed by atoms with Crippen molar-refractivity contribution in [3.63, 3.8) is 0 Å². The molecule has 1 aromatic carbocycles. The van der Waals surface area contributed by atoms with Gasteiger partial charge in [-0.25, -0.2) is 4.39 Å². The minimum absolute atomic E-state index is 0.269. The summed E-state index contributed by atoms with van der Waals surface area (Å²) in [5.74, 6) is 1.04. The molecule has 0 radical (unpaired) electrons. The van der Waals surface area contributed by atoms with Crippen LogP contribution in [-0.4, -0.2) is 19.9 Å². The number of nitrogens with zero attached hydrogens (tertiary/aromatic N) is 4. The highest BCUT2D eigenvalue weighted by Gasteiger charge is 2.15. The average Bonchev–Trinajstić information content (AvgIpc) is 3.04. The van der Waals surface area contributed by atoms with Crippen molar-refractivity contribution >= 4 is 11.8 Å². The fourth-order valence-electron chi connectivity index (χ4n) is 1.91. The van der Waals surface area contributed by atoms with E-state index in [9.17, 15) is 4.39 Å². The van der Waals surface area contributed by atoms with E-state index in [1.807, 2.05) is 18.5 Å². The zero-order valence-electron chi connectivity index (χ0n) is 11.6. The first-order chi connectivity index (χ1) is 10.1. The normalized spacial score (nSPS) is 11.0. The average molecular weight is 304 g/mol. The van der Waals surface area contributed by atoms with Gasteiger partial charge < -0.3 is 9.09 Å². The van der Waals surface area contributed by atoms with Gasteiger partial charge in [-0.05, 0) is 31.2 Å². The van der Waals surface area contributed by atoms with Crippen LogP contribution in [0.4, 0.5) is 4.39 Å². The standard InChI is InChI=1S/C14H13FN4OS/c1-9-12(7-21-14-17-16-8-19(14)2)18-20-13(9)10-3-5-11(15)6-4-10/h3-6,8H,7H2,1-2H3. The lowest BCUT2D eigenvalue weighted by Gasteiger charge is -1.99. The molecule has 0 spiro atoms. The van der Waals surface area contributed by atoms with Crippen LogP contribution in [0.2, 0.25) is 0 Å². The Morgan fingerprint density at radius 2 is 2.05 bits per heavy atom. The lowest BCUT2D eigenvalue weighted by Crippen LogP contribution is -1.91. The van der Waals surface area contributed by atoms with Crippen molar-refractivity contribution in [1.29, 1.82) is 0 Å². The van der Waals surface area contributed by atoms with Crippen molar-refractivity contribution < 1.29 is 8.91 Å². The summed E-state index contributed by atoms with van der Waals surface area (Å²) in [4.78, 5) is 0. The van der Waals surface area contributed by atoms with Crippen molar-refractivity contribution in [2.75, 3.05) is 0 Å². The molecule has 0 aliphatic heterocycles. The van der Waals surface area contributed by atoms with E-state index in [2.05, 4.69) is 15.4 Å². The number of aromatic nitrogens is 4. The summed E-state index contributed by atoms with van der Waals surface area (Å²) in [6.07, 6.45) is 1.65. The smallest absolute Gasteiger partial charge is 0.191 e. The first-order valence-electron chi connectivity index (χ1n) is 6.33. The number of halogens is 1. The van der Waals surface area contributed by atoms with Crippen LogP contribution >= 0.6 is 11.8 Å². The third-order valence-corrected chi connectivity index (χ3v) is 4.18. The molecule has 3 aromatic rings. The summed E-state index contributed by atoms with van der Waals surface area (Å²) < 4.78 is 20.2. The van der Waals surface area contributed by atoms with E-state index >= 15 is 0 Å². The molecule has 5 nitrogen and oxygen atoms in total. The molecule has 0 N–H and O–H groups in total. The summed E-state index contributed by atoms with van der Waals surface area (Å²) >= 11 is 1.54. The van der Waals surface area contributed by atoms with E-state index < -0.39 is 0 Å². The molecule has 0 saturated heterocycles. The minimum Gasteiger partial charge on any atom is -0.356 e. The van der Waals surface area contributed by atoms with Gasteiger partial charge in [-0.1, -0.05) is 16.9 Å². The van der Waals surface area contributed by atoms with Gasteiger partial charge >= 0.3 is 0 Å². The van der Waals surface area contributed by atoms with Crippen molar-refractivity contribution in [3.05, 3.63) is 47.7 Å². The van der Waals surface area contributed by atoms with E-state index in [1.54, 1.807) is 18.5 Å². The summed E-state index contributed by atoms with van der Waals surface area (Å²) in [7, 11) is 1.89. The van der Waals surface area contributed by atoms with E-state index in [1.165, 1.54) is 23.9 Å². The van der Waals surface area contributed by atoms with E-state index in [4.69, 9.17) is 4.52 Å². The van der Waals surface area contributed by atoms with Gasteiger partial charge in [0.25, 0.3) is 0 Å². The van der Waals surface area contributed by atoms with Gasteiger partial charge in [0.05, 0.1) is 5.69 Å². The topological polar surface area (TPSA) is 56.7 Å². The number of benzene rings is 1. The highest BCUT2D eigenvalue weighted by Crippen LogP contribution is 2.29. The molecule has 2 heterocycles. The van der Waals surface area contributed by atoms with E-state index in [0.717, 1.165) is 22.0 Å². The Morgan fingerprint density at radius 3 is 2.71 bits per heavy atom. The molecule has 0 aliphatic carbocycles. The zero-order chi connectivity index (χ0) is 14.8. The van der Waals surface area contributed by atoms with Gasteiger partial charge in [-0.2, -0.15) is 0 Å². The molecule has 7 heteroatoms. The van der Waals surface area contributed by atoms with Gasteiger partial charge in [-0.3, -0.25) is 0 Å². The van der Waals surface area contributed by atoms with Gasteiger partial charge in [0.1, 0.15) is 12.1 Å². The molecular weight excluding hydrogens is 291 g/mol. The predicted molar refractivity (Wildman–Crippen MR) is 77.2 cm³/mol. The van der Waals surface area contributed by atoms with E-state index in [0.29, 0.717) is 11.5 Å². The van der Waals surface area contributed by atoms with Crippen molar-refractivity contribution in [2.24, 2.45) is 7.05 Å². The molecule has 2 aromatic heterocycles. The molecular formula is C14H13FN4OS. The summed E-state index contributed by atoms with van der Waals surface area (Å²) in [5, 5.41) is 12.8. The quantitative estimate of drug-likeness (QED) is 0.693. The Bertz CT molecular complexity index is 751. The summed E-state index contributed by atoms with van der Waals surface area (Å²) in [5.41, 5.74) is 2.62. The van der Waals surface area contributed by atoms with Crippen LogP contribution < -0.4 is 0 Å². The number of hydrogen-bond donors (Lipinski definition) is 0. The second-order valence-corrected chi connectivity index (χ2v) is 5.55. The second-order valence-electron chi connectivity index (χ2n) is 4.60. The fraction of sp³-hybridized carbons (Fsp3) is 0.214. The third-order valence-electron chi connectivity index (χ3n) is 3.13. The summed E-state index contributed by atoms with van der Waals surface area (Å²) in [6.45, 7) is 1.95. The molecule has 0 bridgehead atoms. The van der Waals surface area contributed by atoms with Gasteiger partial charge in [0.2, 0.25) is 0 Å². The Kier molecular flexibility index (Phi) is 3.74. The van der Waals surface area contributed by atoms with E-state index in [-0.39, 0.29) is 5.82 Å². The van der Waals surface area contributed by atoms with Gasteiger partial charge in [0, 0.05) is 23.9 Å². The largest absolute Gasteiger partial charge is 0.356 e. The lowest BCUT2D eigenvalue weighted by atomic mass is 10.1. The molecule has 0 saturated carbocycles. The maximum atomic E-state index is 13.0. The second kappa shape index (κ2) is 5.69.